The van der Waals surface area contributed by atoms with Crippen LogP contribution in [0.3, 0.4) is 0 Å². The maximum atomic E-state index is 5.05. The molecule has 1 aliphatic heterocycles. The number of nitrogens with zero attached hydrogens (tertiary/aromatic N) is 5. The Balaban J connectivity index is 1.62. The van der Waals surface area contributed by atoms with Crippen LogP contribution in [-0.4, -0.2) is 45.3 Å². The number of hydrogen-bond acceptors (Lipinski definition) is 5. The van der Waals surface area contributed by atoms with Gasteiger partial charge < -0.3 is 10.2 Å². The zero-order valence-corrected chi connectivity index (χ0v) is 16.7. The lowest BCUT2D eigenvalue weighted by atomic mass is 10.1. The van der Waals surface area contributed by atoms with E-state index in [1.54, 1.807) is 0 Å². The summed E-state index contributed by atoms with van der Waals surface area (Å²) in [6.45, 7) is 7.33. The fraction of sp³-hybridized carbons (Fsp3) is 0.500. The van der Waals surface area contributed by atoms with Crippen LogP contribution in [0.4, 0.5) is 5.82 Å². The summed E-state index contributed by atoms with van der Waals surface area (Å²) in [6.07, 6.45) is 6.53. The van der Waals surface area contributed by atoms with Crippen LogP contribution >= 0.6 is 0 Å². The molecule has 0 spiro atoms. The normalized spacial score (nSPS) is 20.1. The van der Waals surface area contributed by atoms with E-state index in [1.807, 2.05) is 6.20 Å². The SMILES string of the molecule is CCc1cc(-c2c(CC3CC3)nc3ccc(N4CCNC(C)C4)nn23)ccn1. The fourth-order valence-corrected chi connectivity index (χ4v) is 4.12. The smallest absolute Gasteiger partial charge is 0.154 e. The van der Waals surface area contributed by atoms with Gasteiger partial charge in [-0.2, -0.15) is 0 Å². The molecule has 146 valence electrons. The third-order valence-electron chi connectivity index (χ3n) is 5.86. The number of rotatable bonds is 5. The summed E-state index contributed by atoms with van der Waals surface area (Å²) >= 11 is 0. The molecule has 1 saturated heterocycles. The number of imidazole rings is 1. The lowest BCUT2D eigenvalue weighted by Gasteiger charge is -2.32. The Morgan fingerprint density at radius 2 is 2.11 bits per heavy atom. The number of hydrogen-bond donors (Lipinski definition) is 1. The van der Waals surface area contributed by atoms with E-state index < -0.39 is 0 Å². The van der Waals surface area contributed by atoms with E-state index in [9.17, 15) is 0 Å². The maximum absolute atomic E-state index is 5.05. The number of fused-ring (bicyclic) bond motifs is 1. The Labute approximate surface area is 166 Å². The third kappa shape index (κ3) is 3.37. The van der Waals surface area contributed by atoms with Crippen molar-refractivity contribution in [2.45, 2.75) is 45.6 Å². The van der Waals surface area contributed by atoms with Crippen LogP contribution in [0, 0.1) is 5.92 Å². The zero-order valence-electron chi connectivity index (χ0n) is 16.7. The van der Waals surface area contributed by atoms with Crippen LogP contribution in [-0.2, 0) is 12.8 Å². The summed E-state index contributed by atoms with van der Waals surface area (Å²) in [5, 5.41) is 8.55. The molecule has 0 amide bonds. The molecular formula is C22H28N6. The van der Waals surface area contributed by atoms with Gasteiger partial charge in [0.2, 0.25) is 0 Å². The first-order chi connectivity index (χ1) is 13.7. The molecule has 6 nitrogen and oxygen atoms in total. The first-order valence-corrected chi connectivity index (χ1v) is 10.5. The van der Waals surface area contributed by atoms with E-state index in [-0.39, 0.29) is 0 Å². The topological polar surface area (TPSA) is 58.4 Å². The summed E-state index contributed by atoms with van der Waals surface area (Å²) in [6, 6.07) is 9.01. The average molecular weight is 377 g/mol. The predicted molar refractivity (Wildman–Crippen MR) is 112 cm³/mol. The average Bonchev–Trinajstić information content (AvgIpc) is 3.46. The molecular weight excluding hydrogens is 348 g/mol. The number of aromatic nitrogens is 4. The second-order valence-electron chi connectivity index (χ2n) is 8.21. The van der Waals surface area contributed by atoms with Crippen molar-refractivity contribution < 1.29 is 0 Å². The Morgan fingerprint density at radius 1 is 1.21 bits per heavy atom. The zero-order chi connectivity index (χ0) is 19.1. The van der Waals surface area contributed by atoms with Gasteiger partial charge in [0.05, 0.1) is 11.4 Å². The van der Waals surface area contributed by atoms with E-state index in [4.69, 9.17) is 10.1 Å². The molecule has 2 fully saturated rings. The summed E-state index contributed by atoms with van der Waals surface area (Å²) in [5.74, 6) is 1.81. The molecule has 1 atom stereocenters. The van der Waals surface area contributed by atoms with Gasteiger partial charge in [-0.25, -0.2) is 9.50 Å². The highest BCUT2D eigenvalue weighted by molar-refractivity contribution is 5.67. The van der Waals surface area contributed by atoms with Crippen molar-refractivity contribution in [3.63, 3.8) is 0 Å². The largest absolute Gasteiger partial charge is 0.352 e. The molecule has 0 aromatic carbocycles. The van der Waals surface area contributed by atoms with Crippen molar-refractivity contribution in [3.8, 4) is 11.3 Å². The number of anilines is 1. The third-order valence-corrected chi connectivity index (χ3v) is 5.86. The van der Waals surface area contributed by atoms with Gasteiger partial charge in [-0.15, -0.1) is 5.10 Å². The molecule has 0 radical (unpaired) electrons. The summed E-state index contributed by atoms with van der Waals surface area (Å²) in [5.41, 5.74) is 5.54. The van der Waals surface area contributed by atoms with Crippen molar-refractivity contribution in [3.05, 3.63) is 41.9 Å². The minimum Gasteiger partial charge on any atom is -0.352 e. The first kappa shape index (κ1) is 17.6. The van der Waals surface area contributed by atoms with Crippen molar-refractivity contribution in [2.24, 2.45) is 5.92 Å². The molecule has 6 heteroatoms. The van der Waals surface area contributed by atoms with E-state index in [2.05, 4.69) is 57.8 Å². The number of piperazine rings is 1. The molecule has 5 rings (SSSR count). The monoisotopic (exact) mass is 376 g/mol. The van der Waals surface area contributed by atoms with Gasteiger partial charge in [-0.1, -0.05) is 6.92 Å². The Bertz CT molecular complexity index is 990. The Morgan fingerprint density at radius 3 is 2.89 bits per heavy atom. The second kappa shape index (κ2) is 7.17. The summed E-state index contributed by atoms with van der Waals surface area (Å²) in [7, 11) is 0. The summed E-state index contributed by atoms with van der Waals surface area (Å²) in [4.78, 5) is 11.8. The molecule has 4 heterocycles. The highest BCUT2D eigenvalue weighted by atomic mass is 15.3. The number of pyridine rings is 1. The highest BCUT2D eigenvalue weighted by Gasteiger charge is 2.27. The molecule has 3 aromatic heterocycles. The molecule has 0 bridgehead atoms. The number of aryl methyl sites for hydroxylation is 1. The predicted octanol–water partition coefficient (Wildman–Crippen LogP) is 3.10. The fourth-order valence-electron chi connectivity index (χ4n) is 4.12. The van der Waals surface area contributed by atoms with Crippen LogP contribution in [0.2, 0.25) is 0 Å². The first-order valence-electron chi connectivity index (χ1n) is 10.5. The quantitative estimate of drug-likeness (QED) is 0.741. The van der Waals surface area contributed by atoms with Crippen LogP contribution in [0.15, 0.2) is 30.5 Å². The molecule has 3 aromatic rings. The molecule has 28 heavy (non-hydrogen) atoms. The minimum absolute atomic E-state index is 0.478. The van der Waals surface area contributed by atoms with Gasteiger partial charge in [0.25, 0.3) is 0 Å². The van der Waals surface area contributed by atoms with Gasteiger partial charge in [-0.05, 0) is 62.8 Å². The van der Waals surface area contributed by atoms with Gasteiger partial charge in [0.15, 0.2) is 5.65 Å². The second-order valence-corrected chi connectivity index (χ2v) is 8.21. The van der Waals surface area contributed by atoms with E-state index in [0.29, 0.717) is 6.04 Å². The van der Waals surface area contributed by atoms with E-state index in [0.717, 1.165) is 61.2 Å². The standard InChI is InChI=1S/C22H28N6/c1-3-18-13-17(8-9-24-18)22-19(12-16-4-5-16)25-20-6-7-21(26-28(20)22)27-11-10-23-15(2)14-27/h6-9,13,15-16,23H,3-5,10-12,14H2,1-2H3. The van der Waals surface area contributed by atoms with Gasteiger partial charge >= 0.3 is 0 Å². The van der Waals surface area contributed by atoms with Gasteiger partial charge in [0, 0.05) is 43.1 Å². The van der Waals surface area contributed by atoms with Crippen molar-refractivity contribution in [2.75, 3.05) is 24.5 Å². The van der Waals surface area contributed by atoms with Crippen LogP contribution in [0.5, 0.6) is 0 Å². The molecule has 1 saturated carbocycles. The Hall–Kier alpha value is -2.47. The number of nitrogens with one attached hydrogen (secondary N) is 1. The van der Waals surface area contributed by atoms with Gasteiger partial charge in [-0.3, -0.25) is 4.98 Å². The van der Waals surface area contributed by atoms with Crippen molar-refractivity contribution in [1.82, 2.24) is 24.9 Å². The van der Waals surface area contributed by atoms with Crippen LogP contribution < -0.4 is 10.2 Å². The molecule has 2 aliphatic rings. The van der Waals surface area contributed by atoms with E-state index >= 15 is 0 Å². The lowest BCUT2D eigenvalue weighted by molar-refractivity contribution is 0.481. The molecule has 1 N–H and O–H groups in total. The van der Waals surface area contributed by atoms with Gasteiger partial charge in [0.1, 0.15) is 5.82 Å². The Kier molecular flexibility index (Phi) is 4.51. The van der Waals surface area contributed by atoms with E-state index in [1.165, 1.54) is 24.1 Å². The lowest BCUT2D eigenvalue weighted by Crippen LogP contribution is -2.49. The van der Waals surface area contributed by atoms with Crippen molar-refractivity contribution >= 4 is 11.5 Å². The minimum atomic E-state index is 0.478. The highest BCUT2D eigenvalue weighted by Crippen LogP contribution is 2.36. The molecule has 1 unspecified atom stereocenters. The maximum Gasteiger partial charge on any atom is 0.154 e. The van der Waals surface area contributed by atoms with Crippen LogP contribution in [0.1, 0.15) is 38.1 Å². The summed E-state index contributed by atoms with van der Waals surface area (Å²) < 4.78 is 2.06. The van der Waals surface area contributed by atoms with Crippen LogP contribution in [0.25, 0.3) is 16.9 Å². The van der Waals surface area contributed by atoms with Crippen molar-refractivity contribution in [1.29, 1.82) is 0 Å². The molecule has 1 aliphatic carbocycles.